The molecule has 0 fully saturated rings. The van der Waals surface area contributed by atoms with E-state index in [4.69, 9.17) is 30.4 Å². The molecule has 2 amide bonds. The minimum Gasteiger partial charge on any atom is -0.459 e. The first-order chi connectivity index (χ1) is 23.3. The number of rotatable bonds is 11. The zero-order valence-electron chi connectivity index (χ0n) is 29.4. The van der Waals surface area contributed by atoms with Crippen LogP contribution in [0.5, 0.6) is 0 Å². The fourth-order valence-electron chi connectivity index (χ4n) is 5.75. The highest BCUT2D eigenvalue weighted by Gasteiger charge is 2.35. The van der Waals surface area contributed by atoms with Crippen LogP contribution in [0.2, 0.25) is 0 Å². The quantitative estimate of drug-likeness (QED) is 0.108. The lowest BCUT2D eigenvalue weighted by Gasteiger charge is -2.32. The molecule has 0 saturated heterocycles. The van der Waals surface area contributed by atoms with E-state index in [0.29, 0.717) is 31.4 Å². The molecule has 13 heteroatoms. The number of ketones is 2. The Morgan fingerprint density at radius 3 is 2.43 bits per heavy atom. The molecule has 1 aliphatic heterocycles. The van der Waals surface area contributed by atoms with Gasteiger partial charge >= 0.3 is 12.1 Å². The number of unbranched alkanes of at least 4 members (excludes halogenated alkanes) is 1. The second kappa shape index (κ2) is 20.2. The van der Waals surface area contributed by atoms with Crippen molar-refractivity contribution >= 4 is 29.5 Å². The zero-order valence-corrected chi connectivity index (χ0v) is 29.4. The number of methoxy groups -OCH3 is 2. The predicted octanol–water partition coefficient (Wildman–Crippen LogP) is 3.22. The molecule has 0 aromatic heterocycles. The SMILES string of the molecule is C=CCNC1=C2C[C@@H](C)C[C@@H](OC)[C@@H](OC(=O)CCCCN)[C@H](C)/C=C(\C)[C@@H](OC(N)=O)[C@H](OC)/C=C\C=C(/C)C(=O)NC(=CC1=O)C2=O. The minimum absolute atomic E-state index is 0.130. The van der Waals surface area contributed by atoms with E-state index in [-0.39, 0.29) is 47.8 Å². The average Bonchev–Trinajstić information content (AvgIpc) is 3.05. The van der Waals surface area contributed by atoms with E-state index in [0.717, 1.165) is 6.08 Å². The molecule has 0 saturated carbocycles. The molecule has 270 valence electrons. The Morgan fingerprint density at radius 1 is 1.10 bits per heavy atom. The number of carbonyl (C=O) groups excluding carboxylic acids is 5. The number of fused-ring (bicyclic) bond motifs is 2. The van der Waals surface area contributed by atoms with E-state index in [9.17, 15) is 24.0 Å². The van der Waals surface area contributed by atoms with E-state index >= 15 is 0 Å². The molecule has 1 heterocycles. The summed E-state index contributed by atoms with van der Waals surface area (Å²) in [5.41, 5.74) is 12.0. The van der Waals surface area contributed by atoms with Crippen LogP contribution in [0.25, 0.3) is 0 Å². The summed E-state index contributed by atoms with van der Waals surface area (Å²) in [5.74, 6) is -2.70. The Kier molecular flexibility index (Phi) is 16.9. The van der Waals surface area contributed by atoms with Crippen molar-refractivity contribution in [2.45, 2.75) is 84.2 Å². The Hall–Kier alpha value is -4.33. The highest BCUT2D eigenvalue weighted by atomic mass is 16.6. The third-order valence-corrected chi connectivity index (χ3v) is 8.28. The predicted molar refractivity (Wildman–Crippen MR) is 185 cm³/mol. The van der Waals surface area contributed by atoms with Crippen LogP contribution in [0.4, 0.5) is 4.79 Å². The van der Waals surface area contributed by atoms with E-state index in [1.54, 1.807) is 32.1 Å². The maximum absolute atomic E-state index is 13.8. The topological polar surface area (TPSA) is 198 Å². The van der Waals surface area contributed by atoms with Gasteiger partial charge in [-0.15, -0.1) is 6.58 Å². The smallest absolute Gasteiger partial charge is 0.405 e. The molecule has 0 aromatic carbocycles. The van der Waals surface area contributed by atoms with Crippen LogP contribution >= 0.6 is 0 Å². The first-order valence-electron chi connectivity index (χ1n) is 16.4. The monoisotopic (exact) mass is 684 g/mol. The molecule has 0 aromatic rings. The fourth-order valence-corrected chi connectivity index (χ4v) is 5.75. The van der Waals surface area contributed by atoms with E-state index in [1.807, 2.05) is 19.9 Å². The molecule has 2 bridgehead atoms. The first-order valence-corrected chi connectivity index (χ1v) is 16.4. The summed E-state index contributed by atoms with van der Waals surface area (Å²) in [5, 5.41) is 5.56. The number of ether oxygens (including phenoxy) is 4. The number of allylic oxidation sites excluding steroid dienone is 4. The van der Waals surface area contributed by atoms with Crippen molar-refractivity contribution in [1.29, 1.82) is 0 Å². The zero-order chi connectivity index (χ0) is 36.7. The van der Waals surface area contributed by atoms with Crippen LogP contribution in [0, 0.1) is 11.8 Å². The molecule has 2 rings (SSSR count). The number of carbonyl (C=O) groups is 5. The van der Waals surface area contributed by atoms with Gasteiger partial charge in [-0.25, -0.2) is 4.79 Å². The lowest BCUT2D eigenvalue weighted by molar-refractivity contribution is -0.160. The summed E-state index contributed by atoms with van der Waals surface area (Å²) in [6, 6.07) is 0. The van der Waals surface area contributed by atoms with Crippen LogP contribution in [-0.4, -0.2) is 81.3 Å². The van der Waals surface area contributed by atoms with Gasteiger partial charge in [0.25, 0.3) is 5.91 Å². The van der Waals surface area contributed by atoms with Crippen molar-refractivity contribution < 1.29 is 42.9 Å². The van der Waals surface area contributed by atoms with Crippen molar-refractivity contribution in [2.24, 2.45) is 23.3 Å². The van der Waals surface area contributed by atoms with E-state index in [2.05, 4.69) is 17.2 Å². The first kappa shape index (κ1) is 40.8. The Labute approximate surface area is 288 Å². The number of amides is 2. The molecule has 0 radical (unpaired) electrons. The van der Waals surface area contributed by atoms with Crippen LogP contribution in [0.15, 0.2) is 71.1 Å². The Bertz CT molecular complexity index is 1390. The van der Waals surface area contributed by atoms with Gasteiger partial charge in [0.15, 0.2) is 6.10 Å². The van der Waals surface area contributed by atoms with Gasteiger partial charge in [-0.05, 0) is 57.6 Å². The summed E-state index contributed by atoms with van der Waals surface area (Å²) < 4.78 is 23.1. The van der Waals surface area contributed by atoms with Gasteiger partial charge in [0.05, 0.1) is 17.5 Å². The van der Waals surface area contributed by atoms with Gasteiger partial charge in [-0.2, -0.15) is 0 Å². The van der Waals surface area contributed by atoms with Gasteiger partial charge in [-0.1, -0.05) is 44.2 Å². The molecule has 0 unspecified atom stereocenters. The summed E-state index contributed by atoms with van der Waals surface area (Å²) >= 11 is 0. The summed E-state index contributed by atoms with van der Waals surface area (Å²) in [6.45, 7) is 11.4. The maximum atomic E-state index is 13.8. The molecule has 1 aliphatic carbocycles. The third kappa shape index (κ3) is 12.3. The van der Waals surface area contributed by atoms with Gasteiger partial charge in [0.1, 0.15) is 12.2 Å². The Balaban J connectivity index is 2.72. The van der Waals surface area contributed by atoms with Gasteiger partial charge < -0.3 is 41.0 Å². The lowest BCUT2D eigenvalue weighted by atomic mass is 9.85. The second-order valence-corrected chi connectivity index (χ2v) is 12.3. The van der Waals surface area contributed by atoms with Gasteiger partial charge in [0, 0.05) is 50.3 Å². The largest absolute Gasteiger partial charge is 0.459 e. The number of hydrogen-bond donors (Lipinski definition) is 4. The molecule has 6 N–H and O–H groups in total. The molecule has 49 heavy (non-hydrogen) atoms. The number of esters is 1. The van der Waals surface area contributed by atoms with Crippen LogP contribution in [0.3, 0.4) is 0 Å². The number of Topliss-reactive ketones (excluding diaryl/α,β-unsaturated/α-hetero) is 1. The highest BCUT2D eigenvalue weighted by molar-refractivity contribution is 6.23. The number of nitrogens with one attached hydrogen (secondary N) is 2. The molecular weight excluding hydrogens is 632 g/mol. The number of primary amides is 1. The van der Waals surface area contributed by atoms with Crippen molar-refractivity contribution in [2.75, 3.05) is 27.3 Å². The third-order valence-electron chi connectivity index (χ3n) is 8.28. The molecule has 2 aliphatic rings. The van der Waals surface area contributed by atoms with E-state index in [1.165, 1.54) is 20.3 Å². The summed E-state index contributed by atoms with van der Waals surface area (Å²) in [4.78, 5) is 65.1. The number of nitrogens with two attached hydrogens (primary N) is 2. The second-order valence-electron chi connectivity index (χ2n) is 12.3. The highest BCUT2D eigenvalue weighted by Crippen LogP contribution is 2.30. The lowest BCUT2D eigenvalue weighted by Crippen LogP contribution is -2.40. The number of hydrogen-bond acceptors (Lipinski definition) is 11. The van der Waals surface area contributed by atoms with Crippen molar-refractivity contribution in [3.05, 3.63) is 71.1 Å². The van der Waals surface area contributed by atoms with Gasteiger partial charge in [0.2, 0.25) is 11.6 Å². The summed E-state index contributed by atoms with van der Waals surface area (Å²) in [6.07, 6.45) is 6.71. The average molecular weight is 685 g/mol. The van der Waals surface area contributed by atoms with Crippen molar-refractivity contribution in [3.8, 4) is 0 Å². The Morgan fingerprint density at radius 2 is 1.82 bits per heavy atom. The molecule has 0 spiro atoms. The van der Waals surface area contributed by atoms with Crippen molar-refractivity contribution in [3.63, 3.8) is 0 Å². The normalized spacial score (nSPS) is 28.6. The standard InChI is InChI=1S/C36H52N4O9/c1-8-16-39-31-25-17-21(2)18-29(47-7)34(48-30(42)14-9-10-15-37)24(5)19-23(4)33(49-36(38)45)28(46-6)13-11-12-22(3)35(44)40-26(32(25)43)20-27(31)41/h8,11-13,19-21,24,28-29,33-34,39H,1,9-10,14-18,37H2,2-7H3,(H2,38,45)(H,40,44)/b13-11-,22-12+,23-19+/t21-,24-,28-,29-,33-,34+/m1/s1. The minimum atomic E-state index is -1.02. The molecule has 6 atom stereocenters. The fraction of sp³-hybridized carbons (Fsp3) is 0.528. The maximum Gasteiger partial charge on any atom is 0.405 e. The van der Waals surface area contributed by atoms with Gasteiger partial charge in [-0.3, -0.25) is 19.2 Å². The van der Waals surface area contributed by atoms with Crippen molar-refractivity contribution in [1.82, 2.24) is 10.6 Å². The van der Waals surface area contributed by atoms with Crippen LogP contribution in [-0.2, 0) is 38.1 Å². The van der Waals surface area contributed by atoms with E-state index < -0.39 is 59.9 Å². The molecule has 13 nitrogen and oxygen atoms in total. The van der Waals surface area contributed by atoms with Crippen LogP contribution in [0.1, 0.15) is 59.8 Å². The summed E-state index contributed by atoms with van der Waals surface area (Å²) in [7, 11) is 2.94. The van der Waals surface area contributed by atoms with Crippen LogP contribution < -0.4 is 22.1 Å². The molecular formula is C36H52N4O9.